The zero-order valence-corrected chi connectivity index (χ0v) is 15.2. The Labute approximate surface area is 156 Å². The second-order valence-electron chi connectivity index (χ2n) is 6.17. The van der Waals surface area contributed by atoms with Crippen LogP contribution in [0.3, 0.4) is 0 Å². The number of rotatable bonds is 5. The smallest absolute Gasteiger partial charge is 0.274 e. The fourth-order valence-corrected chi connectivity index (χ4v) is 2.84. The lowest BCUT2D eigenvalue weighted by Crippen LogP contribution is -2.32. The summed E-state index contributed by atoms with van der Waals surface area (Å²) >= 11 is 6.07. The summed E-state index contributed by atoms with van der Waals surface area (Å²) in [5, 5.41) is 6.09. The van der Waals surface area contributed by atoms with Crippen molar-refractivity contribution in [3.8, 4) is 0 Å². The molecule has 2 heterocycles. The average molecular weight is 374 g/mol. The summed E-state index contributed by atoms with van der Waals surface area (Å²) in [5.41, 5.74) is 1.84. The summed E-state index contributed by atoms with van der Waals surface area (Å²) in [7, 11) is 0. The van der Waals surface area contributed by atoms with Gasteiger partial charge in [0.15, 0.2) is 0 Å². The van der Waals surface area contributed by atoms with Gasteiger partial charge in [-0.1, -0.05) is 23.7 Å². The van der Waals surface area contributed by atoms with Crippen LogP contribution in [0, 0.1) is 6.92 Å². The van der Waals surface area contributed by atoms with Crippen LogP contribution >= 0.6 is 11.6 Å². The molecule has 1 unspecified atom stereocenters. The molecule has 7 heteroatoms. The third-order valence-electron chi connectivity index (χ3n) is 4.16. The highest BCUT2D eigenvalue weighted by atomic mass is 35.5. The molecule has 6 nitrogen and oxygen atoms in total. The molecule has 0 radical (unpaired) electrons. The Kier molecular flexibility index (Phi) is 5.85. The van der Waals surface area contributed by atoms with E-state index in [9.17, 15) is 9.59 Å². The minimum Gasteiger partial charge on any atom is -0.376 e. The summed E-state index contributed by atoms with van der Waals surface area (Å²) in [6, 6.07) is 10.0. The van der Waals surface area contributed by atoms with Gasteiger partial charge in [0.1, 0.15) is 11.4 Å². The molecule has 2 N–H and O–H groups in total. The fraction of sp³-hybridized carbons (Fsp3) is 0.316. The molecule has 26 heavy (non-hydrogen) atoms. The molecule has 1 saturated heterocycles. The van der Waals surface area contributed by atoms with Gasteiger partial charge in [0.05, 0.1) is 6.10 Å². The number of halogens is 1. The van der Waals surface area contributed by atoms with E-state index in [2.05, 4.69) is 15.6 Å². The zero-order valence-electron chi connectivity index (χ0n) is 14.4. The lowest BCUT2D eigenvalue weighted by molar-refractivity contribution is 0.0853. The molecule has 3 rings (SSSR count). The highest BCUT2D eigenvalue weighted by Gasteiger charge is 2.18. The third kappa shape index (κ3) is 4.59. The van der Waals surface area contributed by atoms with Gasteiger partial charge in [-0.05, 0) is 49.6 Å². The van der Waals surface area contributed by atoms with E-state index in [0.29, 0.717) is 17.3 Å². The Bertz CT molecular complexity index is 819. The quantitative estimate of drug-likeness (QED) is 0.843. The fourth-order valence-electron chi connectivity index (χ4n) is 2.66. The SMILES string of the molecule is Cc1ccc(NC(=O)c2cccc(C(=O)NCC3CCCO3)n2)cc1Cl. The number of nitrogens with zero attached hydrogens (tertiary/aromatic N) is 1. The first-order valence-electron chi connectivity index (χ1n) is 8.47. The Hall–Kier alpha value is -2.44. The van der Waals surface area contributed by atoms with E-state index in [1.807, 2.05) is 13.0 Å². The van der Waals surface area contributed by atoms with Crippen LogP contribution in [0.5, 0.6) is 0 Å². The Morgan fingerprint density at radius 3 is 2.69 bits per heavy atom. The molecule has 1 fully saturated rings. The van der Waals surface area contributed by atoms with E-state index in [0.717, 1.165) is 25.0 Å². The van der Waals surface area contributed by atoms with Crippen LogP contribution in [0.4, 0.5) is 5.69 Å². The van der Waals surface area contributed by atoms with Crippen LogP contribution in [0.2, 0.25) is 5.02 Å². The summed E-state index contributed by atoms with van der Waals surface area (Å²) in [5.74, 6) is -0.729. The second-order valence-corrected chi connectivity index (χ2v) is 6.58. The topological polar surface area (TPSA) is 80.3 Å². The number of benzene rings is 1. The van der Waals surface area contributed by atoms with Crippen LogP contribution < -0.4 is 10.6 Å². The second kappa shape index (κ2) is 8.29. The molecule has 1 aromatic heterocycles. The van der Waals surface area contributed by atoms with Crippen molar-refractivity contribution >= 4 is 29.1 Å². The molecule has 1 aromatic carbocycles. The van der Waals surface area contributed by atoms with Crippen LogP contribution in [0.15, 0.2) is 36.4 Å². The number of ether oxygens (including phenoxy) is 1. The highest BCUT2D eigenvalue weighted by Crippen LogP contribution is 2.20. The number of aryl methyl sites for hydroxylation is 1. The standard InChI is InChI=1S/C19H20ClN3O3/c1-12-7-8-13(10-15(12)20)22-19(25)17-6-2-5-16(23-17)18(24)21-11-14-4-3-9-26-14/h2,5-8,10,14H,3-4,9,11H2,1H3,(H,21,24)(H,22,25). The van der Waals surface area contributed by atoms with Crippen molar-refractivity contribution in [1.82, 2.24) is 10.3 Å². The number of nitrogens with one attached hydrogen (secondary N) is 2. The van der Waals surface area contributed by atoms with E-state index in [1.54, 1.807) is 30.3 Å². The van der Waals surface area contributed by atoms with Crippen molar-refractivity contribution in [3.05, 3.63) is 58.4 Å². The van der Waals surface area contributed by atoms with E-state index < -0.39 is 5.91 Å². The summed E-state index contributed by atoms with van der Waals surface area (Å²) in [4.78, 5) is 28.8. The molecule has 0 saturated carbocycles. The molecule has 2 aromatic rings. The molecule has 1 aliphatic rings. The number of hydrogen-bond acceptors (Lipinski definition) is 4. The van der Waals surface area contributed by atoms with Gasteiger partial charge in [-0.2, -0.15) is 0 Å². The van der Waals surface area contributed by atoms with Crippen molar-refractivity contribution in [3.63, 3.8) is 0 Å². The number of carbonyl (C=O) groups excluding carboxylic acids is 2. The van der Waals surface area contributed by atoms with Gasteiger partial charge < -0.3 is 15.4 Å². The van der Waals surface area contributed by atoms with Crippen LogP contribution in [0.1, 0.15) is 39.4 Å². The lowest BCUT2D eigenvalue weighted by atomic mass is 10.2. The number of carbonyl (C=O) groups is 2. The van der Waals surface area contributed by atoms with Crippen LogP contribution in [0.25, 0.3) is 0 Å². The predicted octanol–water partition coefficient (Wildman–Crippen LogP) is 3.20. The van der Waals surface area contributed by atoms with Gasteiger partial charge in [0.2, 0.25) is 0 Å². The van der Waals surface area contributed by atoms with Gasteiger partial charge in [0, 0.05) is 23.9 Å². The summed E-state index contributed by atoms with van der Waals surface area (Å²) in [6.07, 6.45) is 2.00. The largest absolute Gasteiger partial charge is 0.376 e. The van der Waals surface area contributed by atoms with Gasteiger partial charge in [-0.3, -0.25) is 9.59 Å². The first kappa shape index (κ1) is 18.4. The van der Waals surface area contributed by atoms with Gasteiger partial charge in [-0.25, -0.2) is 4.98 Å². The molecule has 0 spiro atoms. The van der Waals surface area contributed by atoms with Gasteiger partial charge in [-0.15, -0.1) is 0 Å². The Morgan fingerprint density at radius 1 is 1.23 bits per heavy atom. The maximum Gasteiger partial charge on any atom is 0.274 e. The lowest BCUT2D eigenvalue weighted by Gasteiger charge is -2.11. The number of hydrogen-bond donors (Lipinski definition) is 2. The van der Waals surface area contributed by atoms with Crippen molar-refractivity contribution in [2.75, 3.05) is 18.5 Å². The van der Waals surface area contributed by atoms with Crippen molar-refractivity contribution in [2.24, 2.45) is 0 Å². The number of anilines is 1. The van der Waals surface area contributed by atoms with Crippen LogP contribution in [-0.4, -0.2) is 36.1 Å². The van der Waals surface area contributed by atoms with Gasteiger partial charge in [0.25, 0.3) is 11.8 Å². The number of aromatic nitrogens is 1. The molecule has 1 atom stereocenters. The predicted molar refractivity (Wildman–Crippen MR) is 99.7 cm³/mol. The molecular formula is C19H20ClN3O3. The first-order valence-corrected chi connectivity index (χ1v) is 8.85. The Morgan fingerprint density at radius 2 is 2.00 bits per heavy atom. The third-order valence-corrected chi connectivity index (χ3v) is 4.57. The maximum absolute atomic E-state index is 12.4. The van der Waals surface area contributed by atoms with E-state index in [1.165, 1.54) is 0 Å². The summed E-state index contributed by atoms with van der Waals surface area (Å²) in [6.45, 7) is 3.06. The number of pyridine rings is 1. The average Bonchev–Trinajstić information content (AvgIpc) is 3.16. The van der Waals surface area contributed by atoms with Crippen molar-refractivity contribution in [1.29, 1.82) is 0 Å². The molecule has 0 bridgehead atoms. The van der Waals surface area contributed by atoms with E-state index >= 15 is 0 Å². The molecule has 2 amide bonds. The molecule has 136 valence electrons. The van der Waals surface area contributed by atoms with Crippen molar-refractivity contribution in [2.45, 2.75) is 25.9 Å². The minimum absolute atomic E-state index is 0.0525. The molecular weight excluding hydrogens is 354 g/mol. The van der Waals surface area contributed by atoms with Crippen molar-refractivity contribution < 1.29 is 14.3 Å². The number of amides is 2. The zero-order chi connectivity index (χ0) is 18.5. The Balaban J connectivity index is 1.64. The van der Waals surface area contributed by atoms with Crippen LogP contribution in [-0.2, 0) is 4.74 Å². The molecule has 1 aliphatic heterocycles. The molecule has 0 aliphatic carbocycles. The van der Waals surface area contributed by atoms with Gasteiger partial charge >= 0.3 is 0 Å². The van der Waals surface area contributed by atoms with E-state index in [-0.39, 0.29) is 23.4 Å². The summed E-state index contributed by atoms with van der Waals surface area (Å²) < 4.78 is 5.48. The maximum atomic E-state index is 12.4. The monoisotopic (exact) mass is 373 g/mol. The normalized spacial score (nSPS) is 16.3. The first-order chi connectivity index (χ1) is 12.5. The minimum atomic E-state index is -0.404. The highest BCUT2D eigenvalue weighted by molar-refractivity contribution is 6.31. The van der Waals surface area contributed by atoms with E-state index in [4.69, 9.17) is 16.3 Å².